The molecule has 11 rings (SSSR count). The fourth-order valence-corrected chi connectivity index (χ4v) is 14.3. The van der Waals surface area contributed by atoms with Gasteiger partial charge in [-0.15, -0.1) is 11.8 Å². The van der Waals surface area contributed by atoms with Gasteiger partial charge in [-0.05, 0) is 147 Å². The highest BCUT2D eigenvalue weighted by molar-refractivity contribution is 7.99. The molecule has 5 aliphatic rings. The van der Waals surface area contributed by atoms with Gasteiger partial charge in [0.1, 0.15) is 28.9 Å². The van der Waals surface area contributed by atoms with Gasteiger partial charge in [0, 0.05) is 116 Å². The van der Waals surface area contributed by atoms with Crippen LogP contribution in [0.15, 0.2) is 119 Å². The number of nitrogens with one attached hydrogen (secondary N) is 4. The molecule has 4 N–H and O–H groups in total. The number of nitro benzene ring substituents is 1. The largest absolute Gasteiger partial charge is 0.455 e. The number of allylic oxidation sites excluding steroid dienone is 1. The number of halogens is 1. The van der Waals surface area contributed by atoms with Crippen molar-refractivity contribution in [3.63, 3.8) is 0 Å². The Balaban J connectivity index is 0.658. The number of carbonyl (C=O) groups excluding carboxylic acids is 4. The average molecular weight is 1230 g/mol. The molecule has 0 bridgehead atoms. The van der Waals surface area contributed by atoms with E-state index < -0.39 is 43.4 Å². The number of benzene rings is 4. The Morgan fingerprint density at radius 3 is 2.50 bits per heavy atom. The lowest BCUT2D eigenvalue weighted by Gasteiger charge is -2.39. The summed E-state index contributed by atoms with van der Waals surface area (Å²) in [4.78, 5) is 80.1. The number of amides is 4. The Kier molecular flexibility index (Phi) is 18.5. The summed E-state index contributed by atoms with van der Waals surface area (Å²) in [6.45, 7) is 12.9. The van der Waals surface area contributed by atoms with Crippen molar-refractivity contribution >= 4 is 90.7 Å². The number of hydrogen-bond donors (Lipinski definition) is 4. The number of H-pyrrole nitrogens is 1. The molecule has 4 aromatic carbocycles. The summed E-state index contributed by atoms with van der Waals surface area (Å²) in [6.07, 6.45) is 9.48. The molecular formula is C63H71ClN10O10S2. The van der Waals surface area contributed by atoms with Crippen molar-refractivity contribution in [2.45, 2.75) is 87.6 Å². The molecule has 3 fully saturated rings. The van der Waals surface area contributed by atoms with Gasteiger partial charge in [-0.3, -0.25) is 39.5 Å². The highest BCUT2D eigenvalue weighted by Gasteiger charge is 2.40. The minimum atomic E-state index is -4.63. The fraction of sp³-hybridized carbons (Fsp3) is 0.413. The molecule has 86 heavy (non-hydrogen) atoms. The first-order chi connectivity index (χ1) is 41.4. The Morgan fingerprint density at radius 2 is 1.72 bits per heavy atom. The number of sulfonamides is 1. The van der Waals surface area contributed by atoms with E-state index in [2.05, 4.69) is 66.0 Å². The van der Waals surface area contributed by atoms with Gasteiger partial charge < -0.3 is 34.5 Å². The molecule has 0 spiro atoms. The maximum atomic E-state index is 14.2. The minimum Gasteiger partial charge on any atom is -0.455 e. The number of aromatic amines is 1. The van der Waals surface area contributed by atoms with Gasteiger partial charge in [0.15, 0.2) is 0 Å². The van der Waals surface area contributed by atoms with Crippen LogP contribution in [-0.2, 0) is 30.9 Å². The molecule has 0 saturated carbocycles. The molecular weight excluding hydrogens is 1160 g/mol. The number of thioether (sulfide) groups is 1. The summed E-state index contributed by atoms with van der Waals surface area (Å²) in [5.41, 5.74) is 6.92. The van der Waals surface area contributed by atoms with E-state index >= 15 is 0 Å². The van der Waals surface area contributed by atoms with E-state index in [0.29, 0.717) is 62.8 Å². The van der Waals surface area contributed by atoms with Crippen LogP contribution in [0.5, 0.6) is 11.5 Å². The van der Waals surface area contributed by atoms with Crippen LogP contribution in [-0.4, -0.2) is 146 Å². The molecule has 4 aliphatic heterocycles. The lowest BCUT2D eigenvalue weighted by Crippen LogP contribution is -2.52. The van der Waals surface area contributed by atoms with Crippen molar-refractivity contribution in [2.24, 2.45) is 11.3 Å². The number of ether oxygens (including phenoxy) is 2. The first-order valence-corrected chi connectivity index (χ1v) is 32.3. The Labute approximate surface area is 509 Å². The molecule has 20 nitrogen and oxygen atoms in total. The fourth-order valence-electron chi connectivity index (χ4n) is 12.2. The van der Waals surface area contributed by atoms with Crippen LogP contribution in [0.2, 0.25) is 5.02 Å². The smallest absolute Gasteiger partial charge is 0.293 e. The lowest BCUT2D eigenvalue weighted by atomic mass is 9.72. The van der Waals surface area contributed by atoms with Gasteiger partial charge in [0.25, 0.3) is 27.5 Å². The highest BCUT2D eigenvalue weighted by Crippen LogP contribution is 2.44. The summed E-state index contributed by atoms with van der Waals surface area (Å²) in [7, 11) is -4.63. The summed E-state index contributed by atoms with van der Waals surface area (Å²) in [5, 5.41) is 19.5. The van der Waals surface area contributed by atoms with Gasteiger partial charge in [-0.25, -0.2) is 18.1 Å². The van der Waals surface area contributed by atoms with Gasteiger partial charge in [-0.2, -0.15) is 0 Å². The lowest BCUT2D eigenvalue weighted by molar-refractivity contribution is -0.384. The van der Waals surface area contributed by atoms with Crippen LogP contribution >= 0.6 is 23.4 Å². The maximum Gasteiger partial charge on any atom is 0.293 e. The molecule has 0 radical (unpaired) electrons. The van der Waals surface area contributed by atoms with Crippen molar-refractivity contribution < 1.29 is 42.0 Å². The van der Waals surface area contributed by atoms with Crippen molar-refractivity contribution in [3.05, 3.63) is 146 Å². The van der Waals surface area contributed by atoms with Gasteiger partial charge in [0.05, 0.1) is 28.2 Å². The zero-order valence-electron chi connectivity index (χ0n) is 48.3. The van der Waals surface area contributed by atoms with Crippen LogP contribution in [0.3, 0.4) is 0 Å². The monoisotopic (exact) mass is 1230 g/mol. The molecule has 3 saturated heterocycles. The highest BCUT2D eigenvalue weighted by atomic mass is 35.5. The number of fused-ring (bicyclic) bond motifs is 2. The van der Waals surface area contributed by atoms with E-state index in [1.807, 2.05) is 30.3 Å². The number of nitrogens with zero attached hydrogens (tertiary/aromatic N) is 6. The molecule has 23 heteroatoms. The number of hydrogen-bond acceptors (Lipinski definition) is 16. The molecule has 4 amide bonds. The van der Waals surface area contributed by atoms with Crippen LogP contribution in [0, 0.1) is 21.4 Å². The number of piperidine rings is 2. The van der Waals surface area contributed by atoms with Crippen LogP contribution < -0.4 is 25.0 Å². The number of piperazine rings is 1. The van der Waals surface area contributed by atoms with E-state index in [9.17, 15) is 37.7 Å². The zero-order valence-corrected chi connectivity index (χ0v) is 50.7. The number of aromatic nitrogens is 2. The summed E-state index contributed by atoms with van der Waals surface area (Å²) < 4.78 is 42.5. The van der Waals surface area contributed by atoms with E-state index in [1.165, 1.54) is 35.0 Å². The predicted octanol–water partition coefficient (Wildman–Crippen LogP) is 9.91. The molecule has 2 aromatic heterocycles. The SMILES string of the molecule is CC1(C)CCC(CN2CCN(c3ccc(C(=O)NS(=O)(=O)c4ccc(NCC5CCN(CCOCCCSc6cccc7c6CN(C6CCC(=O)NC6=O)C7=O)CC5)c([N+](=O)[O-])c4)c(Oc4cnc5[nH]ccc5c4)c3)CC2)=C(c2ccc(Cl)cc2)C1. The first kappa shape index (κ1) is 60.4. The first-order valence-electron chi connectivity index (χ1n) is 29.4. The van der Waals surface area contributed by atoms with Crippen LogP contribution in [0.4, 0.5) is 17.1 Å². The quantitative estimate of drug-likeness (QED) is 0.0162. The average Bonchev–Trinajstić information content (AvgIpc) is 4.36. The number of anilines is 2. The number of likely N-dealkylation sites (tertiary alicyclic amines) is 1. The van der Waals surface area contributed by atoms with Gasteiger partial charge in [-0.1, -0.05) is 49.2 Å². The normalized spacial score (nSPS) is 18.8. The van der Waals surface area contributed by atoms with Crippen molar-refractivity contribution in [2.75, 3.05) is 88.1 Å². The maximum absolute atomic E-state index is 14.2. The van der Waals surface area contributed by atoms with Crippen LogP contribution in [0.1, 0.15) is 97.1 Å². The number of carbonyl (C=O) groups is 4. The minimum absolute atomic E-state index is 0.0549. The summed E-state index contributed by atoms with van der Waals surface area (Å²) in [6, 6.07) is 25.4. The predicted molar refractivity (Wildman–Crippen MR) is 331 cm³/mol. The topological polar surface area (TPSA) is 242 Å². The molecule has 452 valence electrons. The molecule has 6 aromatic rings. The summed E-state index contributed by atoms with van der Waals surface area (Å²) >= 11 is 7.93. The number of pyridine rings is 1. The van der Waals surface area contributed by atoms with E-state index in [4.69, 9.17) is 21.1 Å². The number of nitro groups is 1. The Morgan fingerprint density at radius 1 is 0.919 bits per heavy atom. The van der Waals surface area contributed by atoms with Crippen molar-refractivity contribution in [1.82, 2.24) is 34.7 Å². The molecule has 1 atom stereocenters. The van der Waals surface area contributed by atoms with Gasteiger partial charge in [0.2, 0.25) is 11.8 Å². The zero-order chi connectivity index (χ0) is 60.1. The van der Waals surface area contributed by atoms with E-state index in [0.717, 1.165) is 116 Å². The van der Waals surface area contributed by atoms with Gasteiger partial charge >= 0.3 is 0 Å². The Bertz CT molecular complexity index is 3690. The van der Waals surface area contributed by atoms with E-state index in [-0.39, 0.29) is 46.6 Å². The number of imide groups is 1. The molecule has 6 heterocycles. The molecule has 1 unspecified atom stereocenters. The third kappa shape index (κ3) is 14.2. The van der Waals surface area contributed by atoms with Crippen molar-refractivity contribution in [3.8, 4) is 11.5 Å². The second-order valence-electron chi connectivity index (χ2n) is 23.6. The van der Waals surface area contributed by atoms with Crippen LogP contribution in [0.25, 0.3) is 16.6 Å². The second kappa shape index (κ2) is 26.3. The molecule has 1 aliphatic carbocycles. The summed E-state index contributed by atoms with van der Waals surface area (Å²) in [5.74, 6) is -0.435. The standard InChI is InChI=1S/C63H71ClN10O10S2/c1-63(2)21-17-44(51(36-63)42-7-9-45(64)10-8-42)39-71-25-27-72(28-26-71)46-11-13-50(56(34-46)84-47-33-43-18-22-65-59(43)67-38-47)60(76)69-86(81,82)48-12-14-53(55(35-48)74(79)80)66-37-41-19-23-70(24-20-41)29-31-83-30-4-32-85-57-6-3-5-49-52(57)40-73(62(49)78)54-15-16-58(75)68-61(54)77/h3,5-14,18,22,33-35,38,41,54,66H,4,15-17,19-21,23-32,36-37,39-40H2,1-2H3,(H,65,67)(H,69,76)(H,68,75,77). The second-order valence-corrected chi connectivity index (χ2v) is 26.9. The van der Waals surface area contributed by atoms with Crippen molar-refractivity contribution in [1.29, 1.82) is 0 Å². The van der Waals surface area contributed by atoms with E-state index in [1.54, 1.807) is 53.2 Å². The Hall–Kier alpha value is -7.34. The third-order valence-corrected chi connectivity index (χ3v) is 19.9. The number of rotatable bonds is 22. The third-order valence-electron chi connectivity index (χ3n) is 17.1.